The Bertz CT molecular complexity index is 461. The predicted molar refractivity (Wildman–Crippen MR) is 76.7 cm³/mol. The number of carbonyl (C=O) groups excluding carboxylic acids is 2. The van der Waals surface area contributed by atoms with Crippen LogP contribution in [0.4, 0.5) is 0 Å². The number of hydrogen-bond donors (Lipinski definition) is 0. The molecule has 1 saturated heterocycles. The molecule has 0 saturated carbocycles. The second-order valence-corrected chi connectivity index (χ2v) is 6.72. The lowest BCUT2D eigenvalue weighted by Gasteiger charge is -2.12. The molecule has 0 aromatic heterocycles. The van der Waals surface area contributed by atoms with Crippen LogP contribution < -0.4 is 9.47 Å². The molecule has 0 radical (unpaired) electrons. The molecule has 0 amide bonds. The average molecular weight is 298 g/mol. The molecule has 0 bridgehead atoms. The molecule has 6 heteroatoms. The summed E-state index contributed by atoms with van der Waals surface area (Å²) in [6, 6.07) is 5.20. The Hall–Kier alpha value is -1.14. The lowest BCUT2D eigenvalue weighted by molar-refractivity contribution is -0.132. The van der Waals surface area contributed by atoms with E-state index in [-0.39, 0.29) is 0 Å². The summed E-state index contributed by atoms with van der Waals surface area (Å²) < 4.78 is 10.5. The molecule has 0 aliphatic carbocycles. The zero-order valence-corrected chi connectivity index (χ0v) is 12.3. The summed E-state index contributed by atoms with van der Waals surface area (Å²) in [5.41, 5.74) is 1.00. The fourth-order valence-corrected chi connectivity index (χ4v) is 4.55. The molecule has 4 nitrogen and oxygen atoms in total. The first-order valence-corrected chi connectivity index (χ1v) is 7.89. The van der Waals surface area contributed by atoms with Crippen LogP contribution in [0.15, 0.2) is 18.2 Å². The van der Waals surface area contributed by atoms with Crippen molar-refractivity contribution in [1.29, 1.82) is 0 Å². The van der Waals surface area contributed by atoms with Crippen LogP contribution in [0, 0.1) is 0 Å². The third-order valence-corrected chi connectivity index (χ3v) is 5.42. The fraction of sp³-hybridized carbons (Fsp3) is 0.385. The summed E-state index contributed by atoms with van der Waals surface area (Å²) in [4.78, 5) is 22.1. The van der Waals surface area contributed by atoms with Crippen molar-refractivity contribution in [2.24, 2.45) is 0 Å². The van der Waals surface area contributed by atoms with E-state index in [9.17, 15) is 9.59 Å². The van der Waals surface area contributed by atoms with Gasteiger partial charge >= 0.3 is 11.9 Å². The minimum atomic E-state index is -0.391. The molecular weight excluding hydrogens is 284 g/mol. The number of benzene rings is 1. The van der Waals surface area contributed by atoms with Crippen LogP contribution in [0.5, 0.6) is 11.5 Å². The molecule has 1 aromatic rings. The second kappa shape index (κ2) is 6.34. The minimum Gasteiger partial charge on any atom is -0.427 e. The van der Waals surface area contributed by atoms with E-state index in [1.165, 1.54) is 13.8 Å². The molecule has 0 spiro atoms. The molecule has 1 aromatic carbocycles. The summed E-state index contributed by atoms with van der Waals surface area (Å²) in [6.45, 7) is 2.69. The van der Waals surface area contributed by atoms with Gasteiger partial charge in [0.2, 0.25) is 0 Å². The van der Waals surface area contributed by atoms with Gasteiger partial charge in [-0.2, -0.15) is 0 Å². The topological polar surface area (TPSA) is 52.6 Å². The highest BCUT2D eigenvalue weighted by atomic mass is 32.2. The van der Waals surface area contributed by atoms with Gasteiger partial charge in [0.05, 0.1) is 4.58 Å². The molecule has 0 N–H and O–H groups in total. The molecule has 1 aliphatic rings. The number of esters is 2. The number of ether oxygens (including phenoxy) is 2. The van der Waals surface area contributed by atoms with Gasteiger partial charge in [0, 0.05) is 31.4 Å². The van der Waals surface area contributed by atoms with Gasteiger partial charge in [-0.25, -0.2) is 0 Å². The number of rotatable bonds is 3. The van der Waals surface area contributed by atoms with Gasteiger partial charge in [0.15, 0.2) is 0 Å². The largest absolute Gasteiger partial charge is 0.427 e. The third kappa shape index (κ3) is 4.18. The summed E-state index contributed by atoms with van der Waals surface area (Å²) in [5, 5.41) is 0. The normalized spacial score (nSPS) is 15.3. The van der Waals surface area contributed by atoms with Crippen LogP contribution in [-0.4, -0.2) is 23.4 Å². The van der Waals surface area contributed by atoms with Crippen LogP contribution in [0.3, 0.4) is 0 Å². The lowest BCUT2D eigenvalue weighted by Crippen LogP contribution is -2.05. The van der Waals surface area contributed by atoms with Crippen molar-refractivity contribution in [2.45, 2.75) is 18.4 Å². The van der Waals surface area contributed by atoms with Crippen molar-refractivity contribution < 1.29 is 19.1 Å². The van der Waals surface area contributed by atoms with E-state index in [1.54, 1.807) is 6.07 Å². The van der Waals surface area contributed by atoms with Crippen LogP contribution in [0.1, 0.15) is 24.0 Å². The summed E-state index contributed by atoms with van der Waals surface area (Å²) in [7, 11) is 0. The molecule has 2 rings (SSSR count). The minimum absolute atomic E-state index is 0.296. The highest BCUT2D eigenvalue weighted by Gasteiger charge is 2.20. The SMILES string of the molecule is CC(=O)Oc1cc(OC(C)=O)cc(C2SCCS2)c1. The summed E-state index contributed by atoms with van der Waals surface area (Å²) in [5.74, 6) is 2.23. The van der Waals surface area contributed by atoms with Gasteiger partial charge < -0.3 is 9.47 Å². The molecular formula is C13H14O4S2. The highest BCUT2D eigenvalue weighted by molar-refractivity contribution is 8.19. The average Bonchev–Trinajstić information content (AvgIpc) is 2.79. The molecule has 1 heterocycles. The Balaban J connectivity index is 2.29. The first-order valence-electron chi connectivity index (χ1n) is 5.79. The van der Waals surface area contributed by atoms with Crippen molar-refractivity contribution in [3.63, 3.8) is 0 Å². The molecule has 0 atom stereocenters. The lowest BCUT2D eigenvalue weighted by atomic mass is 10.2. The van der Waals surface area contributed by atoms with E-state index >= 15 is 0 Å². The summed E-state index contributed by atoms with van der Waals surface area (Å²) >= 11 is 3.67. The molecule has 1 aliphatic heterocycles. The van der Waals surface area contributed by atoms with Crippen molar-refractivity contribution in [3.8, 4) is 11.5 Å². The van der Waals surface area contributed by atoms with E-state index in [2.05, 4.69) is 0 Å². The predicted octanol–water partition coefficient (Wildman–Crippen LogP) is 3.02. The quantitative estimate of drug-likeness (QED) is 0.631. The van der Waals surface area contributed by atoms with Crippen molar-refractivity contribution >= 4 is 35.5 Å². The maximum atomic E-state index is 11.0. The summed E-state index contributed by atoms with van der Waals surface area (Å²) in [6.07, 6.45) is 0. The van der Waals surface area contributed by atoms with E-state index in [0.29, 0.717) is 16.1 Å². The molecule has 0 unspecified atom stereocenters. The Morgan fingerprint density at radius 1 is 1.00 bits per heavy atom. The van der Waals surface area contributed by atoms with Crippen molar-refractivity contribution in [1.82, 2.24) is 0 Å². The van der Waals surface area contributed by atoms with Gasteiger partial charge in [-0.3, -0.25) is 9.59 Å². The van der Waals surface area contributed by atoms with Crippen molar-refractivity contribution in [2.75, 3.05) is 11.5 Å². The Kier molecular flexibility index (Phi) is 4.76. The van der Waals surface area contributed by atoms with Gasteiger partial charge in [-0.05, 0) is 17.7 Å². The number of thioether (sulfide) groups is 2. The van der Waals surface area contributed by atoms with Gasteiger partial charge in [0.1, 0.15) is 11.5 Å². The smallest absolute Gasteiger partial charge is 0.308 e. The molecule has 102 valence electrons. The first kappa shape index (κ1) is 14.3. The Labute approximate surface area is 120 Å². The maximum Gasteiger partial charge on any atom is 0.308 e. The van der Waals surface area contributed by atoms with E-state index in [1.807, 2.05) is 35.7 Å². The van der Waals surface area contributed by atoms with Gasteiger partial charge in [-0.1, -0.05) is 0 Å². The third-order valence-electron chi connectivity index (χ3n) is 2.32. The zero-order chi connectivity index (χ0) is 13.8. The maximum absolute atomic E-state index is 11.0. The van der Waals surface area contributed by atoms with Gasteiger partial charge in [0.25, 0.3) is 0 Å². The van der Waals surface area contributed by atoms with E-state index < -0.39 is 11.9 Å². The van der Waals surface area contributed by atoms with Crippen LogP contribution in [0.2, 0.25) is 0 Å². The fourth-order valence-electron chi connectivity index (χ4n) is 1.73. The van der Waals surface area contributed by atoms with Crippen molar-refractivity contribution in [3.05, 3.63) is 23.8 Å². The van der Waals surface area contributed by atoms with E-state index in [0.717, 1.165) is 17.1 Å². The number of carbonyl (C=O) groups is 2. The zero-order valence-electron chi connectivity index (χ0n) is 10.7. The molecule has 19 heavy (non-hydrogen) atoms. The van der Waals surface area contributed by atoms with Crippen LogP contribution in [-0.2, 0) is 9.59 Å². The van der Waals surface area contributed by atoms with Crippen LogP contribution in [0.25, 0.3) is 0 Å². The highest BCUT2D eigenvalue weighted by Crippen LogP contribution is 2.46. The Morgan fingerprint density at radius 2 is 1.47 bits per heavy atom. The van der Waals surface area contributed by atoms with Crippen LogP contribution >= 0.6 is 23.5 Å². The monoisotopic (exact) mass is 298 g/mol. The first-order chi connectivity index (χ1) is 9.04. The second-order valence-electron chi connectivity index (χ2n) is 4.00. The van der Waals surface area contributed by atoms with E-state index in [4.69, 9.17) is 9.47 Å². The molecule has 1 fully saturated rings. The Morgan fingerprint density at radius 3 is 1.89 bits per heavy atom. The standard InChI is InChI=1S/C13H14O4S2/c1-8(14)16-11-5-10(13-18-3-4-19-13)6-12(7-11)17-9(2)15/h5-7,13H,3-4H2,1-2H3. The number of hydrogen-bond acceptors (Lipinski definition) is 6. The van der Waals surface area contributed by atoms with Gasteiger partial charge in [-0.15, -0.1) is 23.5 Å².